The van der Waals surface area contributed by atoms with Crippen LogP contribution < -0.4 is 4.90 Å². The fraction of sp³-hybridized carbons (Fsp3) is 0. The Morgan fingerprint density at radius 3 is 2.67 bits per heavy atom. The number of anilines is 1. The van der Waals surface area contributed by atoms with E-state index < -0.39 is 5.97 Å². The molecule has 0 aromatic heterocycles. The molecule has 0 aliphatic carbocycles. The lowest BCUT2D eigenvalue weighted by atomic mass is 10.2. The minimum Gasteiger partial charge on any atom is -0.478 e. The number of carbonyl (C=O) groups is 2. The molecule has 0 spiro atoms. The van der Waals surface area contributed by atoms with Crippen LogP contribution in [0.1, 0.15) is 15.9 Å². The van der Waals surface area contributed by atoms with E-state index in [9.17, 15) is 9.59 Å². The van der Waals surface area contributed by atoms with E-state index in [1.165, 1.54) is 28.8 Å². The molecule has 120 valence electrons. The Labute approximate surface area is 152 Å². The average Bonchev–Trinajstić information content (AvgIpc) is 2.81. The molecule has 2 aromatic carbocycles. The number of thiocarbonyl (C=S) groups is 1. The van der Waals surface area contributed by atoms with Gasteiger partial charge in [-0.3, -0.25) is 9.69 Å². The number of rotatable bonds is 3. The lowest BCUT2D eigenvalue weighted by molar-refractivity contribution is -0.113. The van der Waals surface area contributed by atoms with Gasteiger partial charge in [-0.1, -0.05) is 53.8 Å². The summed E-state index contributed by atoms with van der Waals surface area (Å²) in [5.41, 5.74) is 1.33. The molecule has 3 rings (SSSR count). The first-order chi connectivity index (χ1) is 11.5. The topological polar surface area (TPSA) is 57.6 Å². The van der Waals surface area contributed by atoms with E-state index in [4.69, 9.17) is 28.9 Å². The van der Waals surface area contributed by atoms with Crippen molar-refractivity contribution in [3.63, 3.8) is 0 Å². The Bertz CT molecular complexity index is 895. The van der Waals surface area contributed by atoms with E-state index in [1.807, 2.05) is 6.07 Å². The molecule has 1 N–H and O–H groups in total. The summed E-state index contributed by atoms with van der Waals surface area (Å²) in [7, 11) is 0. The van der Waals surface area contributed by atoms with Crippen LogP contribution in [-0.4, -0.2) is 21.3 Å². The van der Waals surface area contributed by atoms with Gasteiger partial charge in [-0.25, -0.2) is 4.79 Å². The van der Waals surface area contributed by atoms with E-state index in [0.29, 0.717) is 19.9 Å². The van der Waals surface area contributed by atoms with E-state index >= 15 is 0 Å². The molecule has 1 aliphatic heterocycles. The second-order valence-electron chi connectivity index (χ2n) is 4.93. The van der Waals surface area contributed by atoms with Gasteiger partial charge in [0.25, 0.3) is 5.91 Å². The maximum Gasteiger partial charge on any atom is 0.335 e. The molecule has 1 heterocycles. The predicted molar refractivity (Wildman–Crippen MR) is 101 cm³/mol. The number of aromatic carboxylic acids is 1. The number of benzene rings is 2. The van der Waals surface area contributed by atoms with Crippen molar-refractivity contribution in [2.75, 3.05) is 4.90 Å². The molecular weight excluding hydrogens is 366 g/mol. The minimum atomic E-state index is -1.06. The van der Waals surface area contributed by atoms with Gasteiger partial charge in [0.15, 0.2) is 4.32 Å². The van der Waals surface area contributed by atoms with Crippen molar-refractivity contribution in [2.45, 2.75) is 0 Å². The highest BCUT2D eigenvalue weighted by Gasteiger charge is 2.33. The van der Waals surface area contributed by atoms with Crippen molar-refractivity contribution >= 4 is 63.5 Å². The summed E-state index contributed by atoms with van der Waals surface area (Å²) in [6.45, 7) is 0. The third-order valence-electron chi connectivity index (χ3n) is 3.29. The van der Waals surface area contributed by atoms with Crippen LogP contribution in [0.2, 0.25) is 5.02 Å². The first-order valence-corrected chi connectivity index (χ1v) is 8.43. The van der Waals surface area contributed by atoms with E-state index in [1.54, 1.807) is 36.4 Å². The van der Waals surface area contributed by atoms with Gasteiger partial charge in [-0.15, -0.1) is 0 Å². The number of carboxylic acid groups (broad SMARTS) is 1. The number of carbonyl (C=O) groups excluding carboxylic acids is 1. The molecule has 0 atom stereocenters. The maximum absolute atomic E-state index is 12.7. The van der Waals surface area contributed by atoms with Gasteiger partial charge in [0.05, 0.1) is 16.2 Å². The highest BCUT2D eigenvalue weighted by atomic mass is 35.5. The molecule has 1 fully saturated rings. The molecule has 4 nitrogen and oxygen atoms in total. The summed E-state index contributed by atoms with van der Waals surface area (Å²) in [6.07, 6.45) is 1.71. The SMILES string of the molecule is O=C(O)c1cccc(N2C(=O)C(=Cc3cccc(Cl)c3)SC2=S)c1. The maximum atomic E-state index is 12.7. The van der Waals surface area contributed by atoms with E-state index in [-0.39, 0.29) is 11.5 Å². The number of thioether (sulfide) groups is 1. The van der Waals surface area contributed by atoms with Crippen LogP contribution in [0.25, 0.3) is 6.08 Å². The minimum absolute atomic E-state index is 0.0976. The molecule has 1 amide bonds. The molecule has 1 saturated heterocycles. The predicted octanol–water partition coefficient (Wildman–Crippen LogP) is 4.44. The zero-order valence-corrected chi connectivity index (χ0v) is 14.5. The van der Waals surface area contributed by atoms with Crippen molar-refractivity contribution in [3.05, 3.63) is 69.6 Å². The number of halogens is 1. The molecule has 0 bridgehead atoms. The van der Waals surface area contributed by atoms with Crippen LogP contribution in [0, 0.1) is 0 Å². The third-order valence-corrected chi connectivity index (χ3v) is 4.83. The number of nitrogens with zero attached hydrogens (tertiary/aromatic N) is 1. The number of amides is 1. The standard InChI is InChI=1S/C17H10ClNO3S2/c18-12-5-1-3-10(7-12)8-14-15(20)19(17(23)24-14)13-6-2-4-11(9-13)16(21)22/h1-9H,(H,21,22). The first kappa shape index (κ1) is 16.7. The normalized spacial score (nSPS) is 16.0. The molecule has 0 saturated carbocycles. The third kappa shape index (κ3) is 3.36. The van der Waals surface area contributed by atoms with Gasteiger partial charge >= 0.3 is 5.97 Å². The van der Waals surface area contributed by atoms with Crippen molar-refractivity contribution in [3.8, 4) is 0 Å². The van der Waals surface area contributed by atoms with Gasteiger partial charge in [-0.05, 0) is 42.0 Å². The summed E-state index contributed by atoms with van der Waals surface area (Å²) in [5, 5.41) is 9.67. The number of carboxylic acids is 1. The molecule has 7 heteroatoms. The first-order valence-electron chi connectivity index (χ1n) is 6.82. The monoisotopic (exact) mass is 375 g/mol. The van der Waals surface area contributed by atoms with Crippen LogP contribution >= 0.6 is 35.6 Å². The van der Waals surface area contributed by atoms with Crippen molar-refractivity contribution in [1.29, 1.82) is 0 Å². The lowest BCUT2D eigenvalue weighted by Crippen LogP contribution is -2.27. The zero-order chi connectivity index (χ0) is 17.3. The van der Waals surface area contributed by atoms with Gasteiger partial charge in [-0.2, -0.15) is 0 Å². The van der Waals surface area contributed by atoms with Crippen LogP contribution in [0.15, 0.2) is 53.4 Å². The smallest absolute Gasteiger partial charge is 0.335 e. The van der Waals surface area contributed by atoms with Crippen molar-refractivity contribution in [2.24, 2.45) is 0 Å². The van der Waals surface area contributed by atoms with Crippen LogP contribution in [0.4, 0.5) is 5.69 Å². The fourth-order valence-corrected chi connectivity index (χ4v) is 3.71. The van der Waals surface area contributed by atoms with E-state index in [2.05, 4.69) is 0 Å². The van der Waals surface area contributed by atoms with Crippen LogP contribution in [0.5, 0.6) is 0 Å². The second-order valence-corrected chi connectivity index (χ2v) is 7.04. The fourth-order valence-electron chi connectivity index (χ4n) is 2.22. The van der Waals surface area contributed by atoms with Crippen molar-refractivity contribution < 1.29 is 14.7 Å². The molecule has 0 unspecified atom stereocenters. The Balaban J connectivity index is 1.95. The second kappa shape index (κ2) is 6.76. The lowest BCUT2D eigenvalue weighted by Gasteiger charge is -2.14. The Morgan fingerprint density at radius 1 is 1.21 bits per heavy atom. The highest BCUT2D eigenvalue weighted by Crippen LogP contribution is 2.36. The summed E-state index contributed by atoms with van der Waals surface area (Å²) in [6, 6.07) is 13.3. The Morgan fingerprint density at radius 2 is 1.96 bits per heavy atom. The quantitative estimate of drug-likeness (QED) is 0.634. The molecule has 2 aromatic rings. The molecule has 1 aliphatic rings. The van der Waals surface area contributed by atoms with Gasteiger partial charge < -0.3 is 5.11 Å². The summed E-state index contributed by atoms with van der Waals surface area (Å²) in [5.74, 6) is -1.34. The highest BCUT2D eigenvalue weighted by molar-refractivity contribution is 8.27. The van der Waals surface area contributed by atoms with Gasteiger partial charge in [0.1, 0.15) is 0 Å². The number of hydrogen-bond donors (Lipinski definition) is 1. The van der Waals surface area contributed by atoms with E-state index in [0.717, 1.165) is 5.56 Å². The average molecular weight is 376 g/mol. The summed E-state index contributed by atoms with van der Waals surface area (Å²) >= 11 is 12.4. The van der Waals surface area contributed by atoms with Crippen LogP contribution in [0.3, 0.4) is 0 Å². The largest absolute Gasteiger partial charge is 0.478 e. The number of hydrogen-bond acceptors (Lipinski definition) is 4. The molecular formula is C17H10ClNO3S2. The Hall–Kier alpha value is -2.15. The summed E-state index contributed by atoms with van der Waals surface area (Å²) < 4.78 is 0.357. The molecule has 0 radical (unpaired) electrons. The van der Waals surface area contributed by atoms with Crippen LogP contribution in [-0.2, 0) is 4.79 Å². The zero-order valence-electron chi connectivity index (χ0n) is 12.1. The molecule has 24 heavy (non-hydrogen) atoms. The van der Waals surface area contributed by atoms with Crippen molar-refractivity contribution in [1.82, 2.24) is 0 Å². The van der Waals surface area contributed by atoms with Gasteiger partial charge in [0.2, 0.25) is 0 Å². The Kier molecular flexibility index (Phi) is 4.71. The van der Waals surface area contributed by atoms with Gasteiger partial charge in [0, 0.05) is 5.02 Å². The summed E-state index contributed by atoms with van der Waals surface area (Å²) in [4.78, 5) is 25.6.